The molecule has 1 amide bonds. The first kappa shape index (κ1) is 14.7. The van der Waals surface area contributed by atoms with Gasteiger partial charge in [-0.2, -0.15) is 0 Å². The number of hydrogen-bond acceptors (Lipinski definition) is 4. The molecule has 1 atom stereocenters. The minimum Gasteiger partial charge on any atom is -0.493 e. The van der Waals surface area contributed by atoms with E-state index in [1.54, 1.807) is 7.11 Å². The molecule has 1 aliphatic heterocycles. The quantitative estimate of drug-likeness (QED) is 0.864. The van der Waals surface area contributed by atoms with Crippen molar-refractivity contribution in [2.24, 2.45) is 0 Å². The van der Waals surface area contributed by atoms with Gasteiger partial charge in [-0.15, -0.1) is 0 Å². The van der Waals surface area contributed by atoms with Crippen LogP contribution in [0.15, 0.2) is 18.2 Å². The molecule has 2 rings (SSSR count). The van der Waals surface area contributed by atoms with Crippen LogP contribution in [0.3, 0.4) is 0 Å². The van der Waals surface area contributed by atoms with Crippen LogP contribution in [0.25, 0.3) is 0 Å². The van der Waals surface area contributed by atoms with Crippen LogP contribution >= 0.6 is 0 Å². The molecule has 1 aliphatic rings. The Balaban J connectivity index is 1.95. The van der Waals surface area contributed by atoms with Crippen molar-refractivity contribution in [2.45, 2.75) is 32.4 Å². The second-order valence-corrected chi connectivity index (χ2v) is 4.84. The molecule has 0 radical (unpaired) electrons. The minimum absolute atomic E-state index is 0.0531. The monoisotopic (exact) mass is 279 g/mol. The predicted octanol–water partition coefficient (Wildman–Crippen LogP) is 1.89. The molecule has 1 fully saturated rings. The smallest absolute Gasteiger partial charge is 0.217 e. The van der Waals surface area contributed by atoms with E-state index in [1.165, 1.54) is 6.92 Å². The van der Waals surface area contributed by atoms with Crippen molar-refractivity contribution in [3.8, 4) is 11.5 Å². The topological polar surface area (TPSA) is 56.8 Å². The number of benzene rings is 1. The lowest BCUT2D eigenvalue weighted by Gasteiger charge is -2.15. The molecular formula is C15H21NO4. The summed E-state index contributed by atoms with van der Waals surface area (Å²) in [6.45, 7) is 3.34. The second kappa shape index (κ2) is 7.14. The van der Waals surface area contributed by atoms with E-state index in [-0.39, 0.29) is 12.0 Å². The molecule has 5 heteroatoms. The predicted molar refractivity (Wildman–Crippen MR) is 75.0 cm³/mol. The van der Waals surface area contributed by atoms with Crippen LogP contribution in [-0.4, -0.2) is 32.3 Å². The van der Waals surface area contributed by atoms with E-state index < -0.39 is 0 Å². The third-order valence-electron chi connectivity index (χ3n) is 3.22. The second-order valence-electron chi connectivity index (χ2n) is 4.84. The van der Waals surface area contributed by atoms with Crippen LogP contribution in [0, 0.1) is 0 Å². The van der Waals surface area contributed by atoms with Crippen molar-refractivity contribution < 1.29 is 19.0 Å². The van der Waals surface area contributed by atoms with Crippen molar-refractivity contribution in [2.75, 3.05) is 20.3 Å². The number of carbonyl (C=O) groups is 1. The first-order valence-corrected chi connectivity index (χ1v) is 6.85. The van der Waals surface area contributed by atoms with Gasteiger partial charge in [0.1, 0.15) is 6.61 Å². The van der Waals surface area contributed by atoms with Crippen molar-refractivity contribution in [1.29, 1.82) is 0 Å². The Kier molecular flexibility index (Phi) is 5.24. The standard InChI is InChI=1S/C15H21NO4/c1-11(17)16-9-12-5-6-14(15(8-12)18-2)20-10-13-4-3-7-19-13/h5-6,8,13H,3-4,7,9-10H2,1-2H3,(H,16,17)/t13-/m1/s1. The van der Waals surface area contributed by atoms with Crippen LogP contribution in [-0.2, 0) is 16.1 Å². The van der Waals surface area contributed by atoms with Gasteiger partial charge in [0, 0.05) is 20.1 Å². The number of nitrogens with one attached hydrogen (secondary N) is 1. The highest BCUT2D eigenvalue weighted by atomic mass is 16.5. The Labute approximate surface area is 119 Å². The number of amides is 1. The summed E-state index contributed by atoms with van der Waals surface area (Å²) in [7, 11) is 1.61. The number of hydrogen-bond donors (Lipinski definition) is 1. The molecule has 110 valence electrons. The number of ether oxygens (including phenoxy) is 3. The Morgan fingerprint density at radius 1 is 1.45 bits per heavy atom. The Hall–Kier alpha value is -1.75. The largest absolute Gasteiger partial charge is 0.493 e. The molecule has 1 aromatic rings. The Bertz CT molecular complexity index is 455. The average Bonchev–Trinajstić information content (AvgIpc) is 2.96. The van der Waals surface area contributed by atoms with E-state index in [4.69, 9.17) is 14.2 Å². The van der Waals surface area contributed by atoms with Gasteiger partial charge < -0.3 is 19.5 Å². The van der Waals surface area contributed by atoms with Gasteiger partial charge in [0.2, 0.25) is 5.91 Å². The van der Waals surface area contributed by atoms with Gasteiger partial charge in [-0.3, -0.25) is 4.79 Å². The summed E-state index contributed by atoms with van der Waals surface area (Å²) in [5.41, 5.74) is 0.974. The van der Waals surface area contributed by atoms with Crippen LogP contribution in [0.4, 0.5) is 0 Å². The summed E-state index contributed by atoms with van der Waals surface area (Å²) in [5.74, 6) is 1.32. The van der Waals surface area contributed by atoms with Gasteiger partial charge in [-0.25, -0.2) is 0 Å². The fourth-order valence-corrected chi connectivity index (χ4v) is 2.13. The number of carbonyl (C=O) groups excluding carboxylic acids is 1. The molecule has 1 heterocycles. The zero-order valence-electron chi connectivity index (χ0n) is 12.0. The van der Waals surface area contributed by atoms with Crippen molar-refractivity contribution >= 4 is 5.91 Å². The summed E-state index contributed by atoms with van der Waals surface area (Å²) >= 11 is 0. The Morgan fingerprint density at radius 2 is 2.30 bits per heavy atom. The normalized spacial score (nSPS) is 17.8. The average molecular weight is 279 g/mol. The molecule has 1 saturated heterocycles. The molecule has 0 spiro atoms. The van der Waals surface area contributed by atoms with Gasteiger partial charge in [0.25, 0.3) is 0 Å². The summed E-state index contributed by atoms with van der Waals surface area (Å²) in [6.07, 6.45) is 2.32. The summed E-state index contributed by atoms with van der Waals surface area (Å²) < 4.78 is 16.6. The fourth-order valence-electron chi connectivity index (χ4n) is 2.13. The van der Waals surface area contributed by atoms with E-state index in [9.17, 15) is 4.79 Å². The molecule has 0 unspecified atom stereocenters. The molecule has 20 heavy (non-hydrogen) atoms. The van der Waals surface area contributed by atoms with Crippen LogP contribution in [0.1, 0.15) is 25.3 Å². The van der Waals surface area contributed by atoms with Crippen molar-refractivity contribution in [3.05, 3.63) is 23.8 Å². The van der Waals surface area contributed by atoms with Gasteiger partial charge in [-0.05, 0) is 30.5 Å². The molecule has 0 aromatic heterocycles. The van der Waals surface area contributed by atoms with Crippen LogP contribution in [0.2, 0.25) is 0 Å². The Morgan fingerprint density at radius 3 is 2.95 bits per heavy atom. The SMILES string of the molecule is COc1cc(CNC(C)=O)ccc1OC[C@H]1CCCO1. The maximum Gasteiger partial charge on any atom is 0.217 e. The highest BCUT2D eigenvalue weighted by Gasteiger charge is 2.17. The maximum absolute atomic E-state index is 10.9. The molecule has 1 N–H and O–H groups in total. The van der Waals surface area contributed by atoms with Crippen LogP contribution in [0.5, 0.6) is 11.5 Å². The third-order valence-corrected chi connectivity index (χ3v) is 3.22. The van der Waals surface area contributed by atoms with E-state index in [1.807, 2.05) is 18.2 Å². The van der Waals surface area contributed by atoms with Gasteiger partial charge in [0.15, 0.2) is 11.5 Å². The lowest BCUT2D eigenvalue weighted by molar-refractivity contribution is -0.119. The van der Waals surface area contributed by atoms with Crippen molar-refractivity contribution in [1.82, 2.24) is 5.32 Å². The number of rotatable bonds is 6. The van der Waals surface area contributed by atoms with E-state index >= 15 is 0 Å². The summed E-state index contributed by atoms with van der Waals surface area (Å²) in [5, 5.41) is 2.75. The molecular weight excluding hydrogens is 258 g/mol. The highest BCUT2D eigenvalue weighted by molar-refractivity contribution is 5.72. The van der Waals surface area contributed by atoms with Gasteiger partial charge in [0.05, 0.1) is 13.2 Å². The highest BCUT2D eigenvalue weighted by Crippen LogP contribution is 2.28. The maximum atomic E-state index is 10.9. The first-order chi connectivity index (χ1) is 9.69. The zero-order chi connectivity index (χ0) is 14.4. The minimum atomic E-state index is -0.0531. The van der Waals surface area contributed by atoms with E-state index in [2.05, 4.69) is 5.32 Å². The zero-order valence-corrected chi connectivity index (χ0v) is 12.0. The molecule has 0 bridgehead atoms. The lowest BCUT2D eigenvalue weighted by atomic mass is 10.2. The molecule has 5 nitrogen and oxygen atoms in total. The fraction of sp³-hybridized carbons (Fsp3) is 0.533. The summed E-state index contributed by atoms with van der Waals surface area (Å²) in [4.78, 5) is 10.9. The molecule has 0 saturated carbocycles. The first-order valence-electron chi connectivity index (χ1n) is 6.85. The van der Waals surface area contributed by atoms with Crippen molar-refractivity contribution in [3.63, 3.8) is 0 Å². The molecule has 0 aliphatic carbocycles. The number of methoxy groups -OCH3 is 1. The summed E-state index contributed by atoms with van der Waals surface area (Å²) in [6, 6.07) is 5.66. The third kappa shape index (κ3) is 4.13. The molecule has 1 aromatic carbocycles. The van der Waals surface area contributed by atoms with Gasteiger partial charge in [-0.1, -0.05) is 6.07 Å². The van der Waals surface area contributed by atoms with E-state index in [0.717, 1.165) is 25.0 Å². The van der Waals surface area contributed by atoms with E-state index in [0.29, 0.717) is 24.7 Å². The van der Waals surface area contributed by atoms with Crippen LogP contribution < -0.4 is 14.8 Å². The lowest BCUT2D eigenvalue weighted by Crippen LogP contribution is -2.19. The van der Waals surface area contributed by atoms with Gasteiger partial charge >= 0.3 is 0 Å².